The van der Waals surface area contributed by atoms with E-state index in [-0.39, 0.29) is 11.0 Å². The van der Waals surface area contributed by atoms with E-state index >= 15 is 0 Å². The van der Waals surface area contributed by atoms with Crippen LogP contribution in [0, 0.1) is 11.3 Å². The normalized spacial score (nSPS) is 19.9. The molecular weight excluding hydrogens is 366 g/mol. The smallest absolute Gasteiger partial charge is 0.250 e. The molecule has 0 N–H and O–H groups in total. The second-order valence-electron chi connectivity index (χ2n) is 9.39. The third kappa shape index (κ3) is 3.66. The van der Waals surface area contributed by atoms with Crippen LogP contribution in [0.1, 0.15) is 56.2 Å². The van der Waals surface area contributed by atoms with Crippen molar-refractivity contribution >= 4 is 14.6 Å². The summed E-state index contributed by atoms with van der Waals surface area (Å²) >= 11 is 0. The molecule has 4 nitrogen and oxygen atoms in total. The van der Waals surface area contributed by atoms with Gasteiger partial charge in [0.2, 0.25) is 8.32 Å². The van der Waals surface area contributed by atoms with Gasteiger partial charge in [0.25, 0.3) is 0 Å². The zero-order chi connectivity index (χ0) is 20.6. The lowest BCUT2D eigenvalue weighted by molar-refractivity contribution is -0.109. The zero-order valence-electron chi connectivity index (χ0n) is 17.4. The van der Waals surface area contributed by atoms with E-state index in [1.54, 1.807) is 12.5 Å². The molecule has 28 heavy (non-hydrogen) atoms. The number of nitriles is 1. The second-order valence-corrected chi connectivity index (χ2v) is 14.1. The molecule has 0 aliphatic heterocycles. The summed E-state index contributed by atoms with van der Waals surface area (Å²) in [6.45, 7) is 11.2. The Kier molecular flexibility index (Phi) is 5.29. The number of carbonyl (C=O) groups excluding carboxylic acids is 1. The summed E-state index contributed by atoms with van der Waals surface area (Å²) in [6.07, 6.45) is 6.15. The molecule has 148 valence electrons. The lowest BCUT2D eigenvalue weighted by atomic mass is 9.62. The van der Waals surface area contributed by atoms with Gasteiger partial charge in [-0.3, -0.25) is 0 Å². The third-order valence-corrected chi connectivity index (χ3v) is 10.9. The van der Waals surface area contributed by atoms with Crippen molar-refractivity contribution in [2.45, 2.75) is 69.5 Å². The molecule has 0 bridgehead atoms. The summed E-state index contributed by atoms with van der Waals surface area (Å²) in [4.78, 5) is 11.5. The lowest BCUT2D eigenvalue weighted by Gasteiger charge is -2.40. The van der Waals surface area contributed by atoms with Crippen molar-refractivity contribution in [2.24, 2.45) is 0 Å². The predicted molar refractivity (Wildman–Crippen MR) is 112 cm³/mol. The van der Waals surface area contributed by atoms with Gasteiger partial charge in [0.05, 0.1) is 24.0 Å². The first-order valence-corrected chi connectivity index (χ1v) is 12.7. The minimum atomic E-state index is -1.88. The summed E-state index contributed by atoms with van der Waals surface area (Å²) in [5.41, 5.74) is 2.63. The number of fused-ring (bicyclic) bond motifs is 1. The predicted octanol–water partition coefficient (Wildman–Crippen LogP) is 5.74. The second kappa shape index (κ2) is 7.25. The summed E-state index contributed by atoms with van der Waals surface area (Å²) in [5, 5.41) is 10.0. The Morgan fingerprint density at radius 2 is 2.11 bits per heavy atom. The largest absolute Gasteiger partial charge is 0.543 e. The molecule has 0 saturated heterocycles. The third-order valence-electron chi connectivity index (χ3n) is 6.50. The van der Waals surface area contributed by atoms with Gasteiger partial charge in [-0.05, 0) is 66.7 Å². The fourth-order valence-corrected chi connectivity index (χ4v) is 4.61. The van der Waals surface area contributed by atoms with Crippen LogP contribution in [0.15, 0.2) is 41.2 Å². The van der Waals surface area contributed by atoms with E-state index in [4.69, 9.17) is 8.84 Å². The summed E-state index contributed by atoms with van der Waals surface area (Å²) in [5.74, 6) is 0.676. The molecule has 1 aliphatic carbocycles. The minimum Gasteiger partial charge on any atom is -0.543 e. The maximum atomic E-state index is 11.5. The Morgan fingerprint density at radius 3 is 2.64 bits per heavy atom. The number of aldehydes is 1. The molecule has 1 aromatic carbocycles. The van der Waals surface area contributed by atoms with E-state index in [1.807, 2.05) is 18.2 Å². The van der Waals surface area contributed by atoms with Crippen molar-refractivity contribution in [3.8, 4) is 11.8 Å². The van der Waals surface area contributed by atoms with Gasteiger partial charge < -0.3 is 13.6 Å². The molecular formula is C23H29NO3Si. The van der Waals surface area contributed by atoms with Gasteiger partial charge in [-0.15, -0.1) is 0 Å². The first-order valence-electron chi connectivity index (χ1n) is 9.83. The quantitative estimate of drug-likeness (QED) is 0.443. The van der Waals surface area contributed by atoms with Crippen molar-refractivity contribution in [1.82, 2.24) is 0 Å². The van der Waals surface area contributed by atoms with Crippen LogP contribution in [0.5, 0.6) is 5.75 Å². The Hall–Kier alpha value is -2.32. The van der Waals surface area contributed by atoms with Gasteiger partial charge in [-0.25, -0.2) is 0 Å². The van der Waals surface area contributed by atoms with Crippen LogP contribution in [0.4, 0.5) is 0 Å². The number of nitrogens with zero attached hydrogens (tertiary/aromatic N) is 1. The van der Waals surface area contributed by atoms with Crippen LogP contribution in [0.25, 0.3) is 0 Å². The highest BCUT2D eigenvalue weighted by atomic mass is 28.4. The van der Waals surface area contributed by atoms with Crippen LogP contribution in [0.3, 0.4) is 0 Å². The number of hydrogen-bond donors (Lipinski definition) is 0. The molecule has 0 radical (unpaired) electrons. The Bertz CT molecular complexity index is 890. The summed E-state index contributed by atoms with van der Waals surface area (Å²) < 4.78 is 11.5. The van der Waals surface area contributed by atoms with Gasteiger partial charge in [0.1, 0.15) is 12.0 Å². The van der Waals surface area contributed by atoms with Crippen LogP contribution >= 0.6 is 0 Å². The molecule has 1 heterocycles. The van der Waals surface area contributed by atoms with Gasteiger partial charge in [-0.2, -0.15) is 5.26 Å². The highest BCUT2D eigenvalue weighted by Gasteiger charge is 2.44. The minimum absolute atomic E-state index is 0.142. The molecule has 1 aliphatic rings. The first kappa shape index (κ1) is 20.4. The maximum absolute atomic E-state index is 11.5. The number of carbonyl (C=O) groups is 1. The molecule has 5 heteroatoms. The number of hydrogen-bond acceptors (Lipinski definition) is 4. The van der Waals surface area contributed by atoms with Crippen LogP contribution in [-0.2, 0) is 16.6 Å². The van der Waals surface area contributed by atoms with Gasteiger partial charge in [-0.1, -0.05) is 26.8 Å². The van der Waals surface area contributed by atoms with Crippen molar-refractivity contribution in [3.63, 3.8) is 0 Å². The lowest BCUT2D eigenvalue weighted by Crippen LogP contribution is -2.44. The van der Waals surface area contributed by atoms with E-state index < -0.39 is 13.7 Å². The molecule has 3 rings (SSSR count). The van der Waals surface area contributed by atoms with Gasteiger partial charge >= 0.3 is 0 Å². The topological polar surface area (TPSA) is 63.2 Å². The Morgan fingerprint density at radius 1 is 1.36 bits per heavy atom. The van der Waals surface area contributed by atoms with Gasteiger partial charge in [0, 0.05) is 11.5 Å². The SMILES string of the molecule is CC(C)(C)[Si](C)(C)Oc1ccc2c(c1)CC2(C#N)CCC(C=O)c1ccoc1. The monoisotopic (exact) mass is 395 g/mol. The molecule has 2 atom stereocenters. The molecule has 1 aromatic heterocycles. The zero-order valence-corrected chi connectivity index (χ0v) is 18.4. The van der Waals surface area contributed by atoms with E-state index in [9.17, 15) is 10.1 Å². The fourth-order valence-electron chi connectivity index (χ4n) is 3.59. The van der Waals surface area contributed by atoms with Crippen LogP contribution in [-0.4, -0.2) is 14.6 Å². The summed E-state index contributed by atoms with van der Waals surface area (Å²) in [6, 6.07) is 10.5. The van der Waals surface area contributed by atoms with E-state index in [0.29, 0.717) is 19.3 Å². The average Bonchev–Trinajstić information content (AvgIpc) is 3.12. The molecule has 2 unspecified atom stereocenters. The molecule has 2 aromatic rings. The van der Waals surface area contributed by atoms with E-state index in [0.717, 1.165) is 23.2 Å². The number of rotatable bonds is 7. The van der Waals surface area contributed by atoms with Crippen molar-refractivity contribution in [1.29, 1.82) is 5.26 Å². The van der Waals surface area contributed by atoms with Gasteiger partial charge in [0.15, 0.2) is 0 Å². The van der Waals surface area contributed by atoms with Crippen molar-refractivity contribution in [3.05, 3.63) is 53.5 Å². The van der Waals surface area contributed by atoms with Crippen molar-refractivity contribution in [2.75, 3.05) is 0 Å². The fraction of sp³-hybridized carbons (Fsp3) is 0.478. The molecule has 0 amide bonds. The molecule has 0 spiro atoms. The summed E-state index contributed by atoms with van der Waals surface area (Å²) in [7, 11) is -1.88. The average molecular weight is 396 g/mol. The maximum Gasteiger partial charge on any atom is 0.250 e. The van der Waals surface area contributed by atoms with E-state index in [1.165, 1.54) is 5.56 Å². The Labute approximate surface area is 168 Å². The molecule has 0 fully saturated rings. The standard InChI is InChI=1S/C23H29NO3Si/c1-22(2,3)28(4,5)27-20-6-7-21-19(12-20)13-23(21,16-24)10-8-17(14-25)18-9-11-26-15-18/h6-7,9,11-12,14-15,17H,8,10,13H2,1-5H3. The first-order chi connectivity index (χ1) is 13.1. The van der Waals surface area contributed by atoms with Crippen LogP contribution in [0.2, 0.25) is 18.1 Å². The highest BCUT2D eigenvalue weighted by Crippen LogP contribution is 2.47. The van der Waals surface area contributed by atoms with Crippen LogP contribution < -0.4 is 4.43 Å². The van der Waals surface area contributed by atoms with Crippen molar-refractivity contribution < 1.29 is 13.6 Å². The molecule has 0 saturated carbocycles. The van der Waals surface area contributed by atoms with E-state index in [2.05, 4.69) is 46.0 Å². The number of furan rings is 1. The number of benzene rings is 1. The Balaban J connectivity index is 1.74. The highest BCUT2D eigenvalue weighted by molar-refractivity contribution is 6.74.